The number of amides is 1. The lowest BCUT2D eigenvalue weighted by Crippen LogP contribution is -2.52. The van der Waals surface area contributed by atoms with Crippen LogP contribution in [0.1, 0.15) is 12.8 Å². The molecule has 0 aromatic rings. The van der Waals surface area contributed by atoms with Crippen molar-refractivity contribution in [2.45, 2.75) is 24.9 Å². The topological polar surface area (TPSA) is 58.8 Å². The first-order valence-corrected chi connectivity index (χ1v) is 5.56. The lowest BCUT2D eigenvalue weighted by molar-refractivity contribution is 0.110. The van der Waals surface area contributed by atoms with Gasteiger partial charge >= 0.3 is 6.09 Å². The molecule has 0 bridgehead atoms. The molecule has 0 aliphatic carbocycles. The first kappa shape index (κ1) is 10.7. The van der Waals surface area contributed by atoms with Crippen LogP contribution in [0.15, 0.2) is 0 Å². The van der Waals surface area contributed by atoms with Crippen LogP contribution in [0.2, 0.25) is 0 Å². The summed E-state index contributed by atoms with van der Waals surface area (Å²) in [5.74, 6) is 0. The fourth-order valence-corrected chi connectivity index (χ4v) is 2.47. The molecule has 0 aromatic carbocycles. The van der Waals surface area contributed by atoms with Crippen molar-refractivity contribution in [3.05, 3.63) is 0 Å². The van der Waals surface area contributed by atoms with Gasteiger partial charge in [-0.25, -0.2) is 4.79 Å². The Morgan fingerprint density at radius 2 is 2.40 bits per heavy atom. The van der Waals surface area contributed by atoms with Crippen molar-refractivity contribution in [1.29, 1.82) is 0 Å². The molecular formula is C10H19N3O2. The summed E-state index contributed by atoms with van der Waals surface area (Å²) in [6.45, 7) is 3.00. The molecule has 2 aliphatic heterocycles. The molecule has 0 saturated carbocycles. The van der Waals surface area contributed by atoms with E-state index in [2.05, 4.69) is 11.9 Å². The molecule has 5 heteroatoms. The number of ether oxygens (including phenoxy) is 1. The highest BCUT2D eigenvalue weighted by atomic mass is 16.6. The average molecular weight is 213 g/mol. The summed E-state index contributed by atoms with van der Waals surface area (Å²) in [7, 11) is 2.09. The van der Waals surface area contributed by atoms with Crippen LogP contribution in [-0.2, 0) is 4.74 Å². The summed E-state index contributed by atoms with van der Waals surface area (Å²) in [5.41, 5.74) is 5.64. The second kappa shape index (κ2) is 4.37. The van der Waals surface area contributed by atoms with Crippen LogP contribution < -0.4 is 5.73 Å². The van der Waals surface area contributed by atoms with Crippen LogP contribution in [0.3, 0.4) is 0 Å². The molecule has 2 fully saturated rings. The number of hydrogen-bond acceptors (Lipinski definition) is 4. The van der Waals surface area contributed by atoms with Gasteiger partial charge in [0.05, 0.1) is 6.04 Å². The number of likely N-dealkylation sites (tertiary alicyclic amines) is 1. The zero-order valence-electron chi connectivity index (χ0n) is 9.19. The molecule has 2 heterocycles. The van der Waals surface area contributed by atoms with Crippen LogP contribution in [0, 0.1) is 0 Å². The van der Waals surface area contributed by atoms with Crippen molar-refractivity contribution in [2.24, 2.45) is 5.73 Å². The summed E-state index contributed by atoms with van der Waals surface area (Å²) in [5, 5.41) is 0. The van der Waals surface area contributed by atoms with E-state index in [-0.39, 0.29) is 18.2 Å². The van der Waals surface area contributed by atoms with Gasteiger partial charge in [-0.2, -0.15) is 0 Å². The molecule has 0 spiro atoms. The number of nitrogens with zero attached hydrogens (tertiary/aromatic N) is 2. The van der Waals surface area contributed by atoms with Gasteiger partial charge in [0.15, 0.2) is 0 Å². The van der Waals surface area contributed by atoms with Crippen LogP contribution >= 0.6 is 0 Å². The third-order valence-corrected chi connectivity index (χ3v) is 3.27. The van der Waals surface area contributed by atoms with Crippen molar-refractivity contribution in [3.63, 3.8) is 0 Å². The van der Waals surface area contributed by atoms with Crippen LogP contribution in [-0.4, -0.2) is 61.3 Å². The van der Waals surface area contributed by atoms with Crippen molar-refractivity contribution < 1.29 is 9.53 Å². The fourth-order valence-electron chi connectivity index (χ4n) is 2.47. The SMILES string of the molecule is CN1CCCC(N2C(=O)OCC2CN)C1. The third-order valence-electron chi connectivity index (χ3n) is 3.27. The number of rotatable bonds is 2. The quantitative estimate of drug-likeness (QED) is 0.693. The van der Waals surface area contributed by atoms with E-state index >= 15 is 0 Å². The van der Waals surface area contributed by atoms with Gasteiger partial charge in [-0.05, 0) is 26.4 Å². The predicted octanol–water partition coefficient (Wildman–Crippen LogP) is -0.140. The van der Waals surface area contributed by atoms with Gasteiger partial charge in [-0.15, -0.1) is 0 Å². The lowest BCUT2D eigenvalue weighted by Gasteiger charge is -2.36. The molecule has 2 aliphatic rings. The minimum Gasteiger partial charge on any atom is -0.447 e. The van der Waals surface area contributed by atoms with E-state index < -0.39 is 0 Å². The van der Waals surface area contributed by atoms with E-state index in [0.717, 1.165) is 25.9 Å². The summed E-state index contributed by atoms with van der Waals surface area (Å²) < 4.78 is 5.05. The Morgan fingerprint density at radius 3 is 3.07 bits per heavy atom. The standard InChI is InChI=1S/C10H19N3O2/c1-12-4-2-3-8(6-12)13-9(5-11)7-15-10(13)14/h8-9H,2-7,11H2,1H3. The zero-order chi connectivity index (χ0) is 10.8. The van der Waals surface area contributed by atoms with E-state index in [1.165, 1.54) is 0 Å². The second-order valence-corrected chi connectivity index (χ2v) is 4.43. The number of likely N-dealkylation sites (N-methyl/N-ethyl adjacent to an activating group) is 1. The predicted molar refractivity (Wildman–Crippen MR) is 56.5 cm³/mol. The Hall–Kier alpha value is -0.810. The molecule has 0 aromatic heterocycles. The minimum absolute atomic E-state index is 0.0778. The second-order valence-electron chi connectivity index (χ2n) is 4.43. The summed E-state index contributed by atoms with van der Waals surface area (Å²) >= 11 is 0. The van der Waals surface area contributed by atoms with Gasteiger partial charge < -0.3 is 15.4 Å². The Bertz CT molecular complexity index is 247. The van der Waals surface area contributed by atoms with Gasteiger partial charge in [-0.3, -0.25) is 4.90 Å². The lowest BCUT2D eigenvalue weighted by atomic mass is 10.0. The molecule has 2 unspecified atom stereocenters. The highest BCUT2D eigenvalue weighted by Gasteiger charge is 2.38. The number of hydrogen-bond donors (Lipinski definition) is 1. The number of cyclic esters (lactones) is 1. The summed E-state index contributed by atoms with van der Waals surface area (Å²) in [4.78, 5) is 15.7. The molecule has 15 heavy (non-hydrogen) atoms. The number of nitrogens with two attached hydrogens (primary N) is 1. The Labute approximate surface area is 90.1 Å². The Morgan fingerprint density at radius 1 is 1.60 bits per heavy atom. The van der Waals surface area contributed by atoms with E-state index in [4.69, 9.17) is 10.5 Å². The maximum Gasteiger partial charge on any atom is 0.410 e. The van der Waals surface area contributed by atoms with E-state index in [0.29, 0.717) is 13.2 Å². The van der Waals surface area contributed by atoms with Crippen LogP contribution in [0.4, 0.5) is 4.79 Å². The van der Waals surface area contributed by atoms with E-state index in [9.17, 15) is 4.79 Å². The molecule has 2 atom stereocenters. The smallest absolute Gasteiger partial charge is 0.410 e. The summed E-state index contributed by atoms with van der Waals surface area (Å²) in [6, 6.07) is 0.362. The number of carbonyl (C=O) groups excluding carboxylic acids is 1. The Balaban J connectivity index is 2.03. The monoisotopic (exact) mass is 213 g/mol. The first-order valence-electron chi connectivity index (χ1n) is 5.56. The molecule has 0 radical (unpaired) electrons. The highest BCUT2D eigenvalue weighted by molar-refractivity contribution is 5.70. The van der Waals surface area contributed by atoms with Gasteiger partial charge in [-0.1, -0.05) is 0 Å². The maximum absolute atomic E-state index is 11.6. The number of piperidine rings is 1. The van der Waals surface area contributed by atoms with Crippen molar-refractivity contribution >= 4 is 6.09 Å². The zero-order valence-corrected chi connectivity index (χ0v) is 9.19. The number of carbonyl (C=O) groups is 1. The maximum atomic E-state index is 11.6. The van der Waals surface area contributed by atoms with Crippen LogP contribution in [0.5, 0.6) is 0 Å². The molecule has 86 valence electrons. The highest BCUT2D eigenvalue weighted by Crippen LogP contribution is 2.21. The molecule has 2 rings (SSSR count). The average Bonchev–Trinajstić information content (AvgIpc) is 2.59. The van der Waals surface area contributed by atoms with Gasteiger partial charge in [0, 0.05) is 19.1 Å². The first-order chi connectivity index (χ1) is 7.22. The molecule has 2 saturated heterocycles. The normalized spacial score (nSPS) is 33.2. The van der Waals surface area contributed by atoms with E-state index in [1.807, 2.05) is 4.90 Å². The molecule has 2 N–H and O–H groups in total. The van der Waals surface area contributed by atoms with Crippen molar-refractivity contribution in [1.82, 2.24) is 9.80 Å². The largest absolute Gasteiger partial charge is 0.447 e. The minimum atomic E-state index is -0.189. The summed E-state index contributed by atoms with van der Waals surface area (Å²) in [6.07, 6.45) is 2.02. The van der Waals surface area contributed by atoms with Crippen molar-refractivity contribution in [2.75, 3.05) is 33.3 Å². The van der Waals surface area contributed by atoms with Gasteiger partial charge in [0.25, 0.3) is 0 Å². The van der Waals surface area contributed by atoms with Crippen LogP contribution in [0.25, 0.3) is 0 Å². The van der Waals surface area contributed by atoms with Gasteiger partial charge in [0.1, 0.15) is 6.61 Å². The molecule has 1 amide bonds. The fraction of sp³-hybridized carbons (Fsp3) is 0.900. The van der Waals surface area contributed by atoms with Gasteiger partial charge in [0.2, 0.25) is 0 Å². The van der Waals surface area contributed by atoms with Crippen molar-refractivity contribution in [3.8, 4) is 0 Å². The third kappa shape index (κ3) is 2.08. The Kier molecular flexibility index (Phi) is 3.11. The molecule has 5 nitrogen and oxygen atoms in total. The molecular weight excluding hydrogens is 194 g/mol. The van der Waals surface area contributed by atoms with E-state index in [1.54, 1.807) is 0 Å².